The maximum atomic E-state index is 3.95. The third-order valence-corrected chi connectivity index (χ3v) is 5.34. The molecular weight excluding hydrogens is 276 g/mol. The van der Waals surface area contributed by atoms with Crippen LogP contribution < -0.4 is 0 Å². The Labute approximate surface area is 140 Å². The van der Waals surface area contributed by atoms with Crippen LogP contribution in [-0.4, -0.2) is 0 Å². The molecule has 0 unspecified atom stereocenters. The summed E-state index contributed by atoms with van der Waals surface area (Å²) < 4.78 is 0. The Hall–Kier alpha value is -1.82. The van der Waals surface area contributed by atoms with Gasteiger partial charge in [-0.25, -0.2) is 0 Å². The smallest absolute Gasteiger partial charge is 0.0161 e. The first-order valence-corrected chi connectivity index (χ1v) is 9.06. The highest BCUT2D eigenvalue weighted by Crippen LogP contribution is 2.37. The normalized spacial score (nSPS) is 21.8. The first-order chi connectivity index (χ1) is 11.3. The average molecular weight is 304 g/mol. The fraction of sp³-hybridized carbons (Fsp3) is 0.391. The van der Waals surface area contributed by atoms with Crippen LogP contribution in [0.5, 0.6) is 0 Å². The van der Waals surface area contributed by atoms with Crippen LogP contribution in [0, 0.1) is 5.92 Å². The summed E-state index contributed by atoms with van der Waals surface area (Å²) in [6.07, 6.45) is 14.0. The molecule has 0 spiro atoms. The van der Waals surface area contributed by atoms with Crippen molar-refractivity contribution in [1.82, 2.24) is 0 Å². The summed E-state index contributed by atoms with van der Waals surface area (Å²) in [5.74, 6) is 1.48. The molecular formula is C23H28. The van der Waals surface area contributed by atoms with Gasteiger partial charge in [-0.2, -0.15) is 0 Å². The second kappa shape index (κ2) is 7.64. The second-order valence-electron chi connectivity index (χ2n) is 6.90. The van der Waals surface area contributed by atoms with Crippen LogP contribution in [0.25, 0.3) is 10.8 Å². The van der Waals surface area contributed by atoms with Gasteiger partial charge in [0.25, 0.3) is 0 Å². The van der Waals surface area contributed by atoms with E-state index in [0.717, 1.165) is 24.7 Å². The van der Waals surface area contributed by atoms with Gasteiger partial charge in [0.1, 0.15) is 0 Å². The average Bonchev–Trinajstić information content (AvgIpc) is 2.61. The first kappa shape index (κ1) is 16.1. The van der Waals surface area contributed by atoms with E-state index in [2.05, 4.69) is 68.1 Å². The van der Waals surface area contributed by atoms with Gasteiger partial charge in [0.05, 0.1) is 0 Å². The molecule has 3 rings (SSSR count). The molecule has 0 amide bonds. The highest BCUT2D eigenvalue weighted by Gasteiger charge is 2.20. The lowest BCUT2D eigenvalue weighted by Gasteiger charge is -2.27. The predicted octanol–water partition coefficient (Wildman–Crippen LogP) is 6.81. The lowest BCUT2D eigenvalue weighted by atomic mass is 9.78. The zero-order valence-electron chi connectivity index (χ0n) is 14.3. The van der Waals surface area contributed by atoms with Gasteiger partial charge in [0.15, 0.2) is 0 Å². The summed E-state index contributed by atoms with van der Waals surface area (Å²) in [6.45, 7) is 6.04. The number of benzene rings is 2. The van der Waals surface area contributed by atoms with Gasteiger partial charge in [-0.05, 0) is 79.2 Å². The third-order valence-electron chi connectivity index (χ3n) is 5.34. The van der Waals surface area contributed by atoms with E-state index in [1.165, 1.54) is 47.6 Å². The molecule has 0 nitrogen and oxygen atoms in total. The van der Waals surface area contributed by atoms with Crippen LogP contribution in [0.4, 0.5) is 0 Å². The summed E-state index contributed by atoms with van der Waals surface area (Å²) in [6, 6.07) is 14.1. The number of aryl methyl sites for hydroxylation is 1. The van der Waals surface area contributed by atoms with Gasteiger partial charge in [-0.1, -0.05) is 54.6 Å². The van der Waals surface area contributed by atoms with E-state index >= 15 is 0 Å². The fourth-order valence-corrected chi connectivity index (χ4v) is 3.83. The Morgan fingerprint density at radius 1 is 1.00 bits per heavy atom. The highest BCUT2D eigenvalue weighted by molar-refractivity contribution is 5.84. The molecule has 120 valence electrons. The molecule has 0 bridgehead atoms. The van der Waals surface area contributed by atoms with Crippen molar-refractivity contribution >= 4 is 10.8 Å². The molecule has 0 saturated heterocycles. The molecule has 0 aliphatic heterocycles. The van der Waals surface area contributed by atoms with Crippen LogP contribution in [-0.2, 0) is 6.42 Å². The van der Waals surface area contributed by atoms with E-state index in [-0.39, 0.29) is 0 Å². The standard InChI is InChI=1S/C23H28/c1-3-5-6-7-19-10-13-23-17-22(15-14-21(23)16-19)20-11-8-18(4-2)9-12-20/h3-5,10,13-18,20H,2,6-9,11-12H2,1H3/b5-3+. The molecule has 2 aromatic carbocycles. The number of fused-ring (bicyclic) bond motifs is 1. The zero-order valence-corrected chi connectivity index (χ0v) is 14.3. The molecule has 0 heterocycles. The number of hydrogen-bond donors (Lipinski definition) is 0. The summed E-state index contributed by atoms with van der Waals surface area (Å²) in [5, 5.41) is 2.77. The van der Waals surface area contributed by atoms with Crippen LogP contribution in [0.3, 0.4) is 0 Å². The number of rotatable bonds is 5. The van der Waals surface area contributed by atoms with Gasteiger partial charge in [-0.15, -0.1) is 6.58 Å². The van der Waals surface area contributed by atoms with Gasteiger partial charge in [0.2, 0.25) is 0 Å². The Morgan fingerprint density at radius 3 is 2.48 bits per heavy atom. The van der Waals surface area contributed by atoms with Crippen molar-refractivity contribution in [3.8, 4) is 0 Å². The molecule has 0 atom stereocenters. The molecule has 1 aliphatic rings. The van der Waals surface area contributed by atoms with E-state index in [1.54, 1.807) is 0 Å². The lowest BCUT2D eigenvalue weighted by molar-refractivity contribution is 0.376. The third kappa shape index (κ3) is 3.93. The van der Waals surface area contributed by atoms with Crippen molar-refractivity contribution < 1.29 is 0 Å². The molecule has 1 saturated carbocycles. The molecule has 0 N–H and O–H groups in total. The Kier molecular flexibility index (Phi) is 5.33. The molecule has 1 fully saturated rings. The summed E-state index contributed by atoms with van der Waals surface area (Å²) >= 11 is 0. The second-order valence-corrected chi connectivity index (χ2v) is 6.90. The molecule has 0 aromatic heterocycles. The van der Waals surface area contributed by atoms with Gasteiger partial charge in [0, 0.05) is 0 Å². The van der Waals surface area contributed by atoms with Crippen molar-refractivity contribution in [2.45, 2.75) is 51.4 Å². The van der Waals surface area contributed by atoms with Crippen molar-refractivity contribution in [1.29, 1.82) is 0 Å². The van der Waals surface area contributed by atoms with E-state index in [1.807, 2.05) is 0 Å². The zero-order chi connectivity index (χ0) is 16.1. The maximum Gasteiger partial charge on any atom is -0.0161 e. The number of hydrogen-bond acceptors (Lipinski definition) is 0. The van der Waals surface area contributed by atoms with E-state index in [0.29, 0.717) is 0 Å². The van der Waals surface area contributed by atoms with Crippen LogP contribution in [0.2, 0.25) is 0 Å². The lowest BCUT2D eigenvalue weighted by Crippen LogP contribution is -2.11. The van der Waals surface area contributed by atoms with Gasteiger partial charge in [-0.3, -0.25) is 0 Å². The summed E-state index contributed by atoms with van der Waals surface area (Å²) in [5.41, 5.74) is 2.97. The highest BCUT2D eigenvalue weighted by atomic mass is 14.3. The molecule has 0 radical (unpaired) electrons. The minimum Gasteiger partial charge on any atom is -0.103 e. The topological polar surface area (TPSA) is 0 Å². The summed E-state index contributed by atoms with van der Waals surface area (Å²) in [7, 11) is 0. The predicted molar refractivity (Wildman–Crippen MR) is 102 cm³/mol. The Bertz CT molecular complexity index is 684. The Morgan fingerprint density at radius 2 is 1.74 bits per heavy atom. The van der Waals surface area contributed by atoms with Gasteiger partial charge < -0.3 is 0 Å². The van der Waals surface area contributed by atoms with E-state index in [4.69, 9.17) is 0 Å². The van der Waals surface area contributed by atoms with Crippen molar-refractivity contribution in [3.63, 3.8) is 0 Å². The minimum absolute atomic E-state index is 0.741. The van der Waals surface area contributed by atoms with Crippen molar-refractivity contribution in [2.24, 2.45) is 5.92 Å². The Balaban J connectivity index is 1.74. The van der Waals surface area contributed by atoms with E-state index in [9.17, 15) is 0 Å². The molecule has 23 heavy (non-hydrogen) atoms. The minimum atomic E-state index is 0.741. The fourth-order valence-electron chi connectivity index (χ4n) is 3.83. The molecule has 2 aromatic rings. The van der Waals surface area contributed by atoms with Crippen LogP contribution in [0.1, 0.15) is 56.1 Å². The van der Waals surface area contributed by atoms with Crippen molar-refractivity contribution in [3.05, 3.63) is 72.3 Å². The largest absolute Gasteiger partial charge is 0.103 e. The van der Waals surface area contributed by atoms with Crippen molar-refractivity contribution in [2.75, 3.05) is 0 Å². The monoisotopic (exact) mass is 304 g/mol. The van der Waals surface area contributed by atoms with Crippen LogP contribution in [0.15, 0.2) is 61.2 Å². The van der Waals surface area contributed by atoms with Crippen LogP contribution >= 0.6 is 0 Å². The first-order valence-electron chi connectivity index (χ1n) is 9.06. The number of allylic oxidation sites excluding steroid dienone is 3. The summed E-state index contributed by atoms with van der Waals surface area (Å²) in [4.78, 5) is 0. The van der Waals surface area contributed by atoms with Gasteiger partial charge >= 0.3 is 0 Å². The quantitative estimate of drug-likeness (QED) is 0.532. The molecule has 1 aliphatic carbocycles. The maximum absolute atomic E-state index is 3.95. The van der Waals surface area contributed by atoms with E-state index < -0.39 is 0 Å². The SMILES string of the molecule is C=CC1CCC(c2ccc3cc(CC/C=C/C)ccc3c2)CC1. The molecule has 0 heteroatoms.